The summed E-state index contributed by atoms with van der Waals surface area (Å²) < 4.78 is 6.06. The minimum absolute atomic E-state index is 0.00472. The zero-order valence-electron chi connectivity index (χ0n) is 17.2. The van der Waals surface area contributed by atoms with Gasteiger partial charge in [0.1, 0.15) is 6.10 Å². The number of rotatable bonds is 4. The molecule has 3 nitrogen and oxygen atoms in total. The molecule has 3 saturated carbocycles. The van der Waals surface area contributed by atoms with E-state index >= 15 is 0 Å². The topological polar surface area (TPSA) is 46.5 Å². The molecule has 26 heavy (non-hydrogen) atoms. The summed E-state index contributed by atoms with van der Waals surface area (Å²) in [5.41, 5.74) is 1.63. The first-order chi connectivity index (χ1) is 12.2. The van der Waals surface area contributed by atoms with Gasteiger partial charge in [0.25, 0.3) is 0 Å². The van der Waals surface area contributed by atoms with E-state index in [1.54, 1.807) is 6.92 Å². The van der Waals surface area contributed by atoms with Gasteiger partial charge in [-0.2, -0.15) is 0 Å². The van der Waals surface area contributed by atoms with Gasteiger partial charge in [0.15, 0.2) is 0 Å². The van der Waals surface area contributed by atoms with E-state index in [4.69, 9.17) is 4.74 Å². The molecule has 0 aromatic heterocycles. The predicted molar refractivity (Wildman–Crippen MR) is 105 cm³/mol. The van der Waals surface area contributed by atoms with E-state index in [9.17, 15) is 9.90 Å². The summed E-state index contributed by atoms with van der Waals surface area (Å²) in [7, 11) is 0. The second kappa shape index (κ2) is 7.30. The molecule has 0 amide bonds. The van der Waals surface area contributed by atoms with Gasteiger partial charge in [-0.15, -0.1) is 0 Å². The van der Waals surface area contributed by atoms with Crippen LogP contribution < -0.4 is 0 Å². The van der Waals surface area contributed by atoms with Crippen molar-refractivity contribution in [3.05, 3.63) is 12.2 Å². The molecular weight excluding hydrogens is 324 g/mol. The van der Waals surface area contributed by atoms with E-state index in [0.717, 1.165) is 38.0 Å². The molecule has 3 fully saturated rings. The normalized spacial score (nSPS) is 46.0. The third-order valence-corrected chi connectivity index (χ3v) is 8.57. The highest BCUT2D eigenvalue weighted by molar-refractivity contribution is 5.66. The lowest BCUT2D eigenvalue weighted by molar-refractivity contribution is -0.172. The Bertz CT molecular complexity index is 556. The van der Waals surface area contributed by atoms with Crippen molar-refractivity contribution in [2.75, 3.05) is 6.61 Å². The molecule has 0 aromatic carbocycles. The van der Waals surface area contributed by atoms with Crippen LogP contribution in [0.4, 0.5) is 0 Å². The molecule has 3 rings (SSSR count). The zero-order valence-corrected chi connectivity index (χ0v) is 17.2. The molecule has 0 aliphatic heterocycles. The van der Waals surface area contributed by atoms with Gasteiger partial charge in [-0.05, 0) is 67.6 Å². The van der Waals surface area contributed by atoms with E-state index in [-0.39, 0.29) is 29.5 Å². The van der Waals surface area contributed by atoms with Gasteiger partial charge >= 0.3 is 5.97 Å². The van der Waals surface area contributed by atoms with E-state index in [1.807, 2.05) is 0 Å². The molecule has 0 saturated heterocycles. The summed E-state index contributed by atoms with van der Waals surface area (Å²) >= 11 is 0. The molecule has 7 atom stereocenters. The quantitative estimate of drug-likeness (QED) is 0.557. The van der Waals surface area contributed by atoms with Crippen LogP contribution >= 0.6 is 0 Å². The number of carbonyl (C=O) groups excluding carboxylic acids is 1. The Hall–Kier alpha value is -0.830. The van der Waals surface area contributed by atoms with Crippen LogP contribution in [-0.2, 0) is 9.53 Å². The number of carbonyl (C=O) groups is 1. The molecule has 0 aromatic rings. The number of hydrogen-bond donors (Lipinski definition) is 1. The Morgan fingerprint density at radius 3 is 2.62 bits per heavy atom. The van der Waals surface area contributed by atoms with Crippen LogP contribution in [0.5, 0.6) is 0 Å². The maximum Gasteiger partial charge on any atom is 0.302 e. The molecule has 2 unspecified atom stereocenters. The van der Waals surface area contributed by atoms with Crippen LogP contribution in [0.25, 0.3) is 0 Å². The SMILES string of the molecule is C=C1CCC2[C@H](OC(C)=O)C([C@@]3(C)CC[C@H](C)C[C@@H]3CCO)CC[C@]12C. The fraction of sp³-hybridized carbons (Fsp3) is 0.870. The summed E-state index contributed by atoms with van der Waals surface area (Å²) in [5, 5.41) is 9.68. The average Bonchev–Trinajstić information content (AvgIpc) is 2.87. The van der Waals surface area contributed by atoms with Gasteiger partial charge in [0.2, 0.25) is 0 Å². The molecule has 3 aliphatic carbocycles. The van der Waals surface area contributed by atoms with Crippen LogP contribution in [0, 0.1) is 34.5 Å². The van der Waals surface area contributed by atoms with E-state index in [0.29, 0.717) is 17.8 Å². The molecule has 0 radical (unpaired) electrons. The lowest BCUT2D eigenvalue weighted by Crippen LogP contribution is -2.53. The number of fused-ring (bicyclic) bond motifs is 1. The Labute approximate surface area is 159 Å². The number of hydrogen-bond acceptors (Lipinski definition) is 3. The largest absolute Gasteiger partial charge is 0.462 e. The summed E-state index contributed by atoms with van der Waals surface area (Å²) in [6.45, 7) is 13.3. The zero-order chi connectivity index (χ0) is 19.1. The van der Waals surface area contributed by atoms with Gasteiger partial charge in [-0.25, -0.2) is 0 Å². The van der Waals surface area contributed by atoms with Crippen molar-refractivity contribution in [1.29, 1.82) is 0 Å². The van der Waals surface area contributed by atoms with Crippen LogP contribution in [0.2, 0.25) is 0 Å². The van der Waals surface area contributed by atoms with Gasteiger partial charge in [0, 0.05) is 25.4 Å². The summed E-state index contributed by atoms with van der Waals surface area (Å²) in [4.78, 5) is 12.0. The van der Waals surface area contributed by atoms with Crippen LogP contribution in [0.1, 0.15) is 79.1 Å². The molecule has 1 N–H and O–H groups in total. The van der Waals surface area contributed by atoms with Crippen molar-refractivity contribution in [1.82, 2.24) is 0 Å². The van der Waals surface area contributed by atoms with Crippen LogP contribution in [0.3, 0.4) is 0 Å². The van der Waals surface area contributed by atoms with Crippen molar-refractivity contribution < 1.29 is 14.6 Å². The van der Waals surface area contributed by atoms with Gasteiger partial charge in [0.05, 0.1) is 0 Å². The molecule has 0 heterocycles. The Kier molecular flexibility index (Phi) is 5.59. The summed E-state index contributed by atoms with van der Waals surface area (Å²) in [6.07, 6.45) is 8.94. The number of aliphatic hydroxyl groups excluding tert-OH is 1. The first kappa shape index (κ1) is 19.9. The van der Waals surface area contributed by atoms with Crippen molar-refractivity contribution in [3.63, 3.8) is 0 Å². The highest BCUT2D eigenvalue weighted by Gasteiger charge is 2.57. The molecule has 0 spiro atoms. The molecule has 148 valence electrons. The number of esters is 1. The lowest BCUT2D eigenvalue weighted by Gasteiger charge is -2.56. The van der Waals surface area contributed by atoms with Gasteiger partial charge < -0.3 is 9.84 Å². The van der Waals surface area contributed by atoms with Crippen molar-refractivity contribution in [2.45, 2.75) is 85.2 Å². The lowest BCUT2D eigenvalue weighted by atomic mass is 9.51. The summed E-state index contributed by atoms with van der Waals surface area (Å²) in [5.74, 6) is 1.91. The number of allylic oxidation sites excluding steroid dienone is 1. The first-order valence-corrected chi connectivity index (χ1v) is 10.7. The Morgan fingerprint density at radius 2 is 1.96 bits per heavy atom. The first-order valence-electron chi connectivity index (χ1n) is 10.7. The fourth-order valence-corrected chi connectivity index (χ4v) is 6.77. The van der Waals surface area contributed by atoms with Crippen LogP contribution in [-0.4, -0.2) is 23.8 Å². The highest BCUT2D eigenvalue weighted by atomic mass is 16.5. The maximum atomic E-state index is 12.0. The third-order valence-electron chi connectivity index (χ3n) is 8.57. The second-order valence-electron chi connectivity index (χ2n) is 9.98. The minimum atomic E-state index is -0.145. The molecule has 0 bridgehead atoms. The summed E-state index contributed by atoms with van der Waals surface area (Å²) in [6, 6.07) is 0. The Morgan fingerprint density at radius 1 is 1.23 bits per heavy atom. The predicted octanol–water partition coefficient (Wildman–Crippen LogP) is 5.13. The van der Waals surface area contributed by atoms with Crippen molar-refractivity contribution >= 4 is 5.97 Å². The second-order valence-corrected chi connectivity index (χ2v) is 9.98. The number of aliphatic hydroxyl groups is 1. The maximum absolute atomic E-state index is 12.0. The van der Waals surface area contributed by atoms with Gasteiger partial charge in [-0.1, -0.05) is 39.3 Å². The third kappa shape index (κ3) is 3.25. The van der Waals surface area contributed by atoms with E-state index in [2.05, 4.69) is 27.4 Å². The van der Waals surface area contributed by atoms with Crippen molar-refractivity contribution in [3.8, 4) is 0 Å². The fourth-order valence-electron chi connectivity index (χ4n) is 6.77. The van der Waals surface area contributed by atoms with Crippen molar-refractivity contribution in [2.24, 2.45) is 34.5 Å². The molecular formula is C23H38O3. The number of ether oxygens (including phenoxy) is 1. The van der Waals surface area contributed by atoms with E-state index in [1.165, 1.54) is 24.8 Å². The molecule has 3 aliphatic rings. The average molecular weight is 363 g/mol. The minimum Gasteiger partial charge on any atom is -0.462 e. The smallest absolute Gasteiger partial charge is 0.302 e. The standard InChI is InChI=1S/C23H38O3/c1-15-8-11-23(5,18(14-15)10-13-24)20-9-12-22(4)16(2)6-7-19(22)21(20)26-17(3)25/h15,18-21,24H,2,6-14H2,1,3-5H3/t15-,18-,19?,20?,21-,22+,23-/m0/s1. The van der Waals surface area contributed by atoms with Crippen LogP contribution in [0.15, 0.2) is 12.2 Å². The van der Waals surface area contributed by atoms with E-state index < -0.39 is 0 Å². The highest BCUT2D eigenvalue weighted by Crippen LogP contribution is 2.62. The van der Waals surface area contributed by atoms with Gasteiger partial charge in [-0.3, -0.25) is 4.79 Å². The monoisotopic (exact) mass is 362 g/mol. The molecule has 3 heteroatoms. The Balaban J connectivity index is 1.93.